The summed E-state index contributed by atoms with van der Waals surface area (Å²) in [5.41, 5.74) is 0. The van der Waals surface area contributed by atoms with Crippen molar-refractivity contribution in [3.63, 3.8) is 0 Å². The summed E-state index contributed by atoms with van der Waals surface area (Å²) in [7, 11) is -4.32. The summed E-state index contributed by atoms with van der Waals surface area (Å²) < 4.78 is 9.76. The quantitative estimate of drug-likeness (QED) is 0.484. The van der Waals surface area contributed by atoms with E-state index in [1.807, 2.05) is 0 Å². The van der Waals surface area contributed by atoms with Gasteiger partial charge in [0, 0.05) is 0 Å². The van der Waals surface area contributed by atoms with E-state index in [2.05, 4.69) is 0 Å². The van der Waals surface area contributed by atoms with Crippen LogP contribution in [0.5, 0.6) is 0 Å². The minimum Gasteiger partial charge on any atom is -0.481 e. The summed E-state index contributed by atoms with van der Waals surface area (Å²) in [5, 5.41) is 7.76. The maximum atomic E-state index is 9.76. The van der Waals surface area contributed by atoms with E-state index in [9.17, 15) is 9.36 Å². The highest BCUT2D eigenvalue weighted by molar-refractivity contribution is 7.59. The third-order valence-corrected chi connectivity index (χ3v) is 1.02. The monoisotopic (exact) mass is 174 g/mol. The first-order valence-corrected chi connectivity index (χ1v) is 3.48. The largest absolute Gasteiger partial charge is 0.481 e. The first-order chi connectivity index (χ1) is 3.42. The highest BCUT2D eigenvalue weighted by Gasteiger charge is 2.17. The van der Waals surface area contributed by atoms with Crippen LogP contribution in [0.1, 0.15) is 0 Å². The molecule has 9 heavy (non-hydrogen) atoms. The molecule has 0 saturated carbocycles. The normalized spacial score (nSPS) is 10.0. The molecule has 0 atom stereocenters. The van der Waals surface area contributed by atoms with E-state index >= 15 is 0 Å². The lowest BCUT2D eigenvalue weighted by Gasteiger charge is -1.95. The van der Waals surface area contributed by atoms with Gasteiger partial charge < -0.3 is 14.9 Å². The molecule has 56 valence electrons. The SMILES string of the molecule is O=C(O)CP(=O)(O)O.S. The molecule has 0 amide bonds. The zero-order chi connectivity index (χ0) is 6.78. The van der Waals surface area contributed by atoms with Gasteiger partial charge in [-0.15, -0.1) is 0 Å². The van der Waals surface area contributed by atoms with Crippen molar-refractivity contribution >= 4 is 27.1 Å². The Bertz CT molecular complexity index is 138. The predicted octanol–water partition coefficient (Wildman–Crippen LogP) is -0.639. The highest BCUT2D eigenvalue weighted by Crippen LogP contribution is 2.33. The van der Waals surface area contributed by atoms with Crippen LogP contribution >= 0.6 is 21.1 Å². The van der Waals surface area contributed by atoms with Gasteiger partial charge in [-0.3, -0.25) is 9.36 Å². The molecule has 0 aromatic rings. The number of carbonyl (C=O) groups is 1. The standard InChI is InChI=1S/C2H5O5P.H2S/c3-2(4)1-8(5,6)7;/h1H2,(H,3,4)(H2,5,6,7);1H2. The molecule has 0 fully saturated rings. The van der Waals surface area contributed by atoms with Crippen molar-refractivity contribution in [2.45, 2.75) is 0 Å². The van der Waals surface area contributed by atoms with Gasteiger partial charge >= 0.3 is 13.6 Å². The molecule has 0 spiro atoms. The Labute approximate surface area is 58.3 Å². The molecule has 0 rings (SSSR count). The smallest absolute Gasteiger partial charge is 0.336 e. The summed E-state index contributed by atoms with van der Waals surface area (Å²) in [6.45, 7) is 0. The van der Waals surface area contributed by atoms with Crippen LogP contribution in [0.25, 0.3) is 0 Å². The second kappa shape index (κ2) is 3.90. The van der Waals surface area contributed by atoms with E-state index in [0.717, 1.165) is 0 Å². The average Bonchev–Trinajstić information content (AvgIpc) is 1.21. The number of carboxylic acids is 1. The number of carboxylic acid groups (broad SMARTS) is 1. The van der Waals surface area contributed by atoms with Gasteiger partial charge in [0.2, 0.25) is 0 Å². The van der Waals surface area contributed by atoms with Crippen molar-refractivity contribution in [2.24, 2.45) is 0 Å². The summed E-state index contributed by atoms with van der Waals surface area (Å²) in [6, 6.07) is 0. The second-order valence-corrected chi connectivity index (χ2v) is 2.86. The number of hydrogen-bond donors (Lipinski definition) is 3. The van der Waals surface area contributed by atoms with Crippen molar-refractivity contribution in [2.75, 3.05) is 6.16 Å². The van der Waals surface area contributed by atoms with Crippen molar-refractivity contribution in [1.29, 1.82) is 0 Å². The van der Waals surface area contributed by atoms with E-state index in [1.165, 1.54) is 0 Å². The average molecular weight is 174 g/mol. The Kier molecular flexibility index (Phi) is 5.08. The number of aliphatic carboxylic acids is 1. The summed E-state index contributed by atoms with van der Waals surface area (Å²) in [5.74, 6) is -1.49. The van der Waals surface area contributed by atoms with Gasteiger partial charge in [-0.2, -0.15) is 13.5 Å². The fourth-order valence-electron chi connectivity index (χ4n) is 0.176. The van der Waals surface area contributed by atoms with Crippen molar-refractivity contribution < 1.29 is 24.3 Å². The molecule has 0 aliphatic heterocycles. The molecule has 0 radical (unpaired) electrons. The molecule has 0 aromatic carbocycles. The van der Waals surface area contributed by atoms with Gasteiger partial charge in [0.1, 0.15) is 6.16 Å². The van der Waals surface area contributed by atoms with Gasteiger partial charge in [0.05, 0.1) is 0 Å². The van der Waals surface area contributed by atoms with Gasteiger partial charge in [-0.1, -0.05) is 0 Å². The van der Waals surface area contributed by atoms with Crippen LogP contribution in [-0.2, 0) is 9.36 Å². The molecule has 0 aromatic heterocycles. The minimum absolute atomic E-state index is 0. The predicted molar refractivity (Wildman–Crippen MR) is 34.9 cm³/mol. The Hall–Kier alpha value is -0.0300. The molecule has 0 unspecified atom stereocenters. The molecule has 3 N–H and O–H groups in total. The maximum absolute atomic E-state index is 9.76. The lowest BCUT2D eigenvalue weighted by molar-refractivity contribution is -0.134. The summed E-state index contributed by atoms with van der Waals surface area (Å²) in [6.07, 6.45) is -1.09. The van der Waals surface area contributed by atoms with Crippen molar-refractivity contribution in [1.82, 2.24) is 0 Å². The fourth-order valence-corrected chi connectivity index (χ4v) is 0.529. The molecule has 0 aliphatic rings. The van der Waals surface area contributed by atoms with Gasteiger partial charge in [0.15, 0.2) is 0 Å². The topological polar surface area (TPSA) is 94.8 Å². The Morgan fingerprint density at radius 1 is 1.44 bits per heavy atom. The van der Waals surface area contributed by atoms with Gasteiger partial charge in [0.25, 0.3) is 0 Å². The van der Waals surface area contributed by atoms with E-state index in [0.29, 0.717) is 0 Å². The maximum Gasteiger partial charge on any atom is 0.336 e. The van der Waals surface area contributed by atoms with Crippen molar-refractivity contribution in [3.05, 3.63) is 0 Å². The van der Waals surface area contributed by atoms with Crippen LogP contribution in [0.15, 0.2) is 0 Å². The fraction of sp³-hybridized carbons (Fsp3) is 0.500. The van der Waals surface area contributed by atoms with Crippen LogP contribution in [0, 0.1) is 0 Å². The molecular weight excluding hydrogens is 167 g/mol. The first-order valence-electron chi connectivity index (χ1n) is 1.68. The third kappa shape index (κ3) is 11.5. The summed E-state index contributed by atoms with van der Waals surface area (Å²) in [4.78, 5) is 25.4. The van der Waals surface area contributed by atoms with Gasteiger partial charge in [-0.25, -0.2) is 0 Å². The zero-order valence-corrected chi connectivity index (χ0v) is 6.21. The van der Waals surface area contributed by atoms with Crippen molar-refractivity contribution in [3.8, 4) is 0 Å². The Morgan fingerprint density at radius 2 is 1.78 bits per heavy atom. The molecular formula is C2H7O5PS. The molecule has 5 nitrogen and oxygen atoms in total. The Balaban J connectivity index is 0. The van der Waals surface area contributed by atoms with E-state index in [4.69, 9.17) is 14.9 Å². The van der Waals surface area contributed by atoms with E-state index in [1.54, 1.807) is 0 Å². The lowest BCUT2D eigenvalue weighted by Crippen LogP contribution is -2.01. The number of hydrogen-bond acceptors (Lipinski definition) is 2. The van der Waals surface area contributed by atoms with E-state index in [-0.39, 0.29) is 13.5 Å². The first kappa shape index (κ1) is 11.7. The third-order valence-electron chi connectivity index (χ3n) is 0.341. The molecule has 0 bridgehead atoms. The molecule has 0 heterocycles. The van der Waals surface area contributed by atoms with Crippen LogP contribution < -0.4 is 0 Å². The van der Waals surface area contributed by atoms with E-state index < -0.39 is 19.7 Å². The second-order valence-electron chi connectivity index (χ2n) is 1.22. The van der Waals surface area contributed by atoms with Crippen LogP contribution in [0.3, 0.4) is 0 Å². The molecule has 7 heteroatoms. The summed E-state index contributed by atoms with van der Waals surface area (Å²) >= 11 is 0. The van der Waals surface area contributed by atoms with Crippen LogP contribution in [0.2, 0.25) is 0 Å². The molecule has 0 saturated heterocycles. The molecule has 0 aliphatic carbocycles. The Morgan fingerprint density at radius 3 is 1.78 bits per heavy atom. The zero-order valence-electron chi connectivity index (χ0n) is 4.31. The minimum atomic E-state index is -4.32. The lowest BCUT2D eigenvalue weighted by atomic mass is 10.8. The highest BCUT2D eigenvalue weighted by atomic mass is 32.1. The van der Waals surface area contributed by atoms with Gasteiger partial charge in [-0.05, 0) is 0 Å². The van der Waals surface area contributed by atoms with Crippen LogP contribution in [0.4, 0.5) is 0 Å². The number of rotatable bonds is 2. The van der Waals surface area contributed by atoms with Crippen LogP contribution in [-0.4, -0.2) is 27.0 Å².